The standard InChI is InChI=1S/C26H29N7O2/c1-16-13-17(2)31-26(30-16)33-25(32-24(34)21-7-5-6-8-22(21)27-3)28-12-11-18-15-29-23-14-19(35-4)9-10-20(18)23/h5-10,13-15,27,29H,11-12H2,1-4H3,(H2,28,30,31,32,33,34). The van der Waals surface area contributed by atoms with Crippen LogP contribution in [0, 0.1) is 13.8 Å². The molecule has 4 N–H and O–H groups in total. The highest BCUT2D eigenvalue weighted by Gasteiger charge is 2.14. The van der Waals surface area contributed by atoms with E-state index in [1.807, 2.05) is 62.5 Å². The van der Waals surface area contributed by atoms with Crippen molar-refractivity contribution in [2.45, 2.75) is 20.3 Å². The third kappa shape index (κ3) is 5.75. The number of aliphatic imine (C=N–C) groups is 1. The lowest BCUT2D eigenvalue weighted by Gasteiger charge is -2.13. The van der Waals surface area contributed by atoms with Gasteiger partial charge >= 0.3 is 0 Å². The molecule has 0 aliphatic carbocycles. The zero-order chi connectivity index (χ0) is 24.8. The predicted octanol–water partition coefficient (Wildman–Crippen LogP) is 4.07. The normalized spacial score (nSPS) is 11.4. The summed E-state index contributed by atoms with van der Waals surface area (Å²) in [5.74, 6) is 1.17. The van der Waals surface area contributed by atoms with Gasteiger partial charge < -0.3 is 15.0 Å². The Bertz CT molecular complexity index is 1360. The first kappa shape index (κ1) is 23.7. The minimum atomic E-state index is -0.287. The molecule has 180 valence electrons. The number of nitrogens with zero attached hydrogens (tertiary/aromatic N) is 3. The van der Waals surface area contributed by atoms with Crippen molar-refractivity contribution in [1.29, 1.82) is 0 Å². The zero-order valence-electron chi connectivity index (χ0n) is 20.3. The lowest BCUT2D eigenvalue weighted by Crippen LogP contribution is -2.37. The van der Waals surface area contributed by atoms with Crippen molar-refractivity contribution in [2.24, 2.45) is 4.99 Å². The van der Waals surface area contributed by atoms with E-state index < -0.39 is 0 Å². The van der Waals surface area contributed by atoms with Gasteiger partial charge in [0.2, 0.25) is 11.9 Å². The smallest absolute Gasteiger partial charge is 0.260 e. The van der Waals surface area contributed by atoms with Crippen LogP contribution in [-0.4, -0.2) is 47.5 Å². The van der Waals surface area contributed by atoms with Gasteiger partial charge in [0.1, 0.15) is 5.75 Å². The third-order valence-corrected chi connectivity index (χ3v) is 5.51. The van der Waals surface area contributed by atoms with Gasteiger partial charge in [-0.2, -0.15) is 0 Å². The molecule has 2 heterocycles. The summed E-state index contributed by atoms with van der Waals surface area (Å²) in [4.78, 5) is 29.8. The van der Waals surface area contributed by atoms with Crippen LogP contribution in [0.5, 0.6) is 5.75 Å². The van der Waals surface area contributed by atoms with Gasteiger partial charge in [-0.1, -0.05) is 12.1 Å². The molecule has 9 nitrogen and oxygen atoms in total. The van der Waals surface area contributed by atoms with Gasteiger partial charge in [-0.3, -0.25) is 20.4 Å². The fourth-order valence-electron chi connectivity index (χ4n) is 3.86. The van der Waals surface area contributed by atoms with Crippen LogP contribution in [0.15, 0.2) is 59.7 Å². The zero-order valence-corrected chi connectivity index (χ0v) is 20.3. The Labute approximate surface area is 204 Å². The number of guanidine groups is 1. The monoisotopic (exact) mass is 471 g/mol. The number of aromatic amines is 1. The number of nitrogens with one attached hydrogen (secondary N) is 4. The number of H-pyrrole nitrogens is 1. The van der Waals surface area contributed by atoms with Crippen LogP contribution < -0.4 is 20.7 Å². The summed E-state index contributed by atoms with van der Waals surface area (Å²) in [6.07, 6.45) is 2.65. The topological polar surface area (TPSA) is 116 Å². The van der Waals surface area contributed by atoms with Crippen LogP contribution in [-0.2, 0) is 6.42 Å². The van der Waals surface area contributed by atoms with Gasteiger partial charge in [-0.05, 0) is 56.2 Å². The Morgan fingerprint density at radius 2 is 1.86 bits per heavy atom. The summed E-state index contributed by atoms with van der Waals surface area (Å²) in [5, 5.41) is 10.1. The fraction of sp³-hybridized carbons (Fsp3) is 0.231. The third-order valence-electron chi connectivity index (χ3n) is 5.51. The summed E-state index contributed by atoms with van der Waals surface area (Å²) < 4.78 is 5.30. The Morgan fingerprint density at radius 3 is 2.60 bits per heavy atom. The first-order valence-corrected chi connectivity index (χ1v) is 11.3. The molecule has 0 aliphatic rings. The maximum Gasteiger partial charge on any atom is 0.260 e. The highest BCUT2D eigenvalue weighted by Crippen LogP contribution is 2.23. The number of methoxy groups -OCH3 is 1. The summed E-state index contributed by atoms with van der Waals surface area (Å²) in [5.41, 5.74) is 5.00. The van der Waals surface area contributed by atoms with Crippen molar-refractivity contribution in [3.05, 3.63) is 77.2 Å². The molecule has 0 fully saturated rings. The number of ether oxygens (including phenoxy) is 1. The van der Waals surface area contributed by atoms with Gasteiger partial charge in [-0.25, -0.2) is 9.97 Å². The number of hydrogen-bond donors (Lipinski definition) is 4. The number of para-hydroxylation sites is 1. The molecule has 0 radical (unpaired) electrons. The van der Waals surface area contributed by atoms with Crippen molar-refractivity contribution in [1.82, 2.24) is 20.3 Å². The molecular weight excluding hydrogens is 442 g/mol. The van der Waals surface area contributed by atoms with E-state index in [1.54, 1.807) is 20.2 Å². The Hall–Kier alpha value is -4.40. The van der Waals surface area contributed by atoms with E-state index in [2.05, 4.69) is 35.9 Å². The van der Waals surface area contributed by atoms with Crippen molar-refractivity contribution in [3.63, 3.8) is 0 Å². The van der Waals surface area contributed by atoms with E-state index in [-0.39, 0.29) is 11.9 Å². The van der Waals surface area contributed by atoms with E-state index >= 15 is 0 Å². The number of aromatic nitrogens is 3. The number of amides is 1. The number of benzene rings is 2. The first-order chi connectivity index (χ1) is 17.0. The Morgan fingerprint density at radius 1 is 1.09 bits per heavy atom. The summed E-state index contributed by atoms with van der Waals surface area (Å²) >= 11 is 0. The fourth-order valence-corrected chi connectivity index (χ4v) is 3.86. The highest BCUT2D eigenvalue weighted by molar-refractivity contribution is 6.11. The first-order valence-electron chi connectivity index (χ1n) is 11.3. The quantitative estimate of drug-likeness (QED) is 0.239. The van der Waals surface area contributed by atoms with Crippen LogP contribution in [0.4, 0.5) is 11.6 Å². The average Bonchev–Trinajstić information content (AvgIpc) is 3.25. The molecule has 0 atom stereocenters. The van der Waals surface area contributed by atoms with Crippen LogP contribution in [0.3, 0.4) is 0 Å². The lowest BCUT2D eigenvalue weighted by atomic mass is 10.1. The molecule has 2 aromatic heterocycles. The minimum absolute atomic E-state index is 0.285. The van der Waals surface area contributed by atoms with Crippen molar-refractivity contribution >= 4 is 34.4 Å². The SMILES string of the molecule is CNc1ccccc1C(=O)NC(=NCCc1c[nH]c2cc(OC)ccc12)Nc1nc(C)cc(C)n1. The summed E-state index contributed by atoms with van der Waals surface area (Å²) in [7, 11) is 3.43. The van der Waals surface area contributed by atoms with E-state index in [9.17, 15) is 4.79 Å². The second-order valence-electron chi connectivity index (χ2n) is 8.05. The maximum absolute atomic E-state index is 13.1. The van der Waals surface area contributed by atoms with E-state index in [1.165, 1.54) is 0 Å². The average molecular weight is 472 g/mol. The van der Waals surface area contributed by atoms with Crippen LogP contribution in [0.1, 0.15) is 27.3 Å². The molecule has 35 heavy (non-hydrogen) atoms. The molecule has 0 saturated carbocycles. The molecule has 0 unspecified atom stereocenters. The molecule has 0 saturated heterocycles. The molecule has 0 aliphatic heterocycles. The van der Waals surface area contributed by atoms with Crippen molar-refractivity contribution < 1.29 is 9.53 Å². The van der Waals surface area contributed by atoms with Crippen molar-refractivity contribution in [2.75, 3.05) is 31.3 Å². The molecule has 9 heteroatoms. The van der Waals surface area contributed by atoms with E-state index in [4.69, 9.17) is 4.74 Å². The molecule has 2 aromatic carbocycles. The number of aryl methyl sites for hydroxylation is 2. The number of carbonyl (C=O) groups is 1. The molecule has 4 aromatic rings. The van der Waals surface area contributed by atoms with E-state index in [0.717, 1.165) is 39.3 Å². The van der Waals surface area contributed by atoms with Gasteiger partial charge in [0.05, 0.1) is 12.7 Å². The van der Waals surface area contributed by atoms with Gasteiger partial charge in [0, 0.05) is 53.8 Å². The molecule has 0 spiro atoms. The number of hydrogen-bond acceptors (Lipinski definition) is 6. The van der Waals surface area contributed by atoms with Gasteiger partial charge in [-0.15, -0.1) is 0 Å². The number of carbonyl (C=O) groups excluding carboxylic acids is 1. The maximum atomic E-state index is 13.1. The second-order valence-corrected chi connectivity index (χ2v) is 8.05. The number of rotatable bonds is 7. The van der Waals surface area contributed by atoms with Crippen molar-refractivity contribution in [3.8, 4) is 5.75 Å². The predicted molar refractivity (Wildman–Crippen MR) is 139 cm³/mol. The van der Waals surface area contributed by atoms with Crippen LogP contribution in [0.2, 0.25) is 0 Å². The summed E-state index contributed by atoms with van der Waals surface area (Å²) in [6.45, 7) is 4.23. The highest BCUT2D eigenvalue weighted by atomic mass is 16.5. The number of fused-ring (bicyclic) bond motifs is 1. The second kappa shape index (κ2) is 10.7. The molecule has 0 bridgehead atoms. The Balaban J connectivity index is 1.56. The van der Waals surface area contributed by atoms with E-state index in [0.29, 0.717) is 24.5 Å². The lowest BCUT2D eigenvalue weighted by molar-refractivity contribution is 0.0977. The van der Waals surface area contributed by atoms with Gasteiger partial charge in [0.15, 0.2) is 0 Å². The molecule has 1 amide bonds. The largest absolute Gasteiger partial charge is 0.497 e. The minimum Gasteiger partial charge on any atom is -0.497 e. The van der Waals surface area contributed by atoms with Crippen LogP contribution in [0.25, 0.3) is 10.9 Å². The molecular formula is C26H29N7O2. The van der Waals surface area contributed by atoms with Gasteiger partial charge in [0.25, 0.3) is 5.91 Å². The Kier molecular flexibility index (Phi) is 7.25. The molecule has 4 rings (SSSR count). The summed E-state index contributed by atoms with van der Waals surface area (Å²) in [6, 6.07) is 15.1. The van der Waals surface area contributed by atoms with Crippen LogP contribution >= 0.6 is 0 Å². The number of anilines is 2.